The summed E-state index contributed by atoms with van der Waals surface area (Å²) in [4.78, 5) is 0. The second-order valence-corrected chi connectivity index (χ2v) is 4.75. The third-order valence-corrected chi connectivity index (χ3v) is 3.39. The fourth-order valence-electron chi connectivity index (χ4n) is 1.41. The van der Waals surface area contributed by atoms with E-state index < -0.39 is 0 Å². The van der Waals surface area contributed by atoms with Gasteiger partial charge in [0.25, 0.3) is 0 Å². The van der Waals surface area contributed by atoms with Crippen LogP contribution >= 0.6 is 22.9 Å². The maximum absolute atomic E-state index is 5.73. The lowest BCUT2D eigenvalue weighted by atomic mass is 10.0. The van der Waals surface area contributed by atoms with Gasteiger partial charge in [0.05, 0.1) is 0 Å². The van der Waals surface area contributed by atoms with Gasteiger partial charge in [-0.3, -0.25) is 0 Å². The zero-order chi connectivity index (χ0) is 9.15. The molecule has 1 saturated carbocycles. The average molecular weight is 218 g/mol. The Morgan fingerprint density at radius 3 is 3.00 bits per heavy atom. The van der Waals surface area contributed by atoms with Gasteiger partial charge in [-0.1, -0.05) is 11.3 Å². The molecule has 0 spiro atoms. The van der Waals surface area contributed by atoms with Gasteiger partial charge in [0.2, 0.25) is 5.13 Å². The topological polar surface area (TPSA) is 37.8 Å². The van der Waals surface area contributed by atoms with E-state index in [0.29, 0.717) is 5.41 Å². The van der Waals surface area contributed by atoms with Crippen molar-refractivity contribution in [3.05, 3.63) is 5.51 Å². The number of aromatic nitrogens is 2. The Labute approximate surface area is 86.5 Å². The number of alkyl halides is 1. The summed E-state index contributed by atoms with van der Waals surface area (Å²) in [6.45, 7) is 0.995. The highest BCUT2D eigenvalue weighted by molar-refractivity contribution is 7.13. The summed E-state index contributed by atoms with van der Waals surface area (Å²) in [5.41, 5.74) is 2.21. The van der Waals surface area contributed by atoms with Gasteiger partial charge in [-0.15, -0.1) is 21.8 Å². The number of halogens is 1. The molecule has 0 unspecified atom stereocenters. The van der Waals surface area contributed by atoms with Crippen LogP contribution in [0.4, 0.5) is 5.13 Å². The largest absolute Gasteiger partial charge is 0.360 e. The molecule has 0 radical (unpaired) electrons. The third-order valence-electron chi connectivity index (χ3n) is 2.56. The van der Waals surface area contributed by atoms with Gasteiger partial charge in [-0.05, 0) is 24.7 Å². The molecule has 1 aliphatic carbocycles. The first-order valence-corrected chi connectivity index (χ1v) is 5.82. The van der Waals surface area contributed by atoms with E-state index in [9.17, 15) is 0 Å². The fraction of sp³-hybridized carbons (Fsp3) is 0.750. The van der Waals surface area contributed by atoms with Crippen LogP contribution < -0.4 is 5.32 Å². The van der Waals surface area contributed by atoms with Gasteiger partial charge in [0.1, 0.15) is 5.51 Å². The lowest BCUT2D eigenvalue weighted by molar-refractivity contribution is 0.524. The van der Waals surface area contributed by atoms with Crippen molar-refractivity contribution in [1.82, 2.24) is 10.2 Å². The number of nitrogens with zero attached hydrogens (tertiary/aromatic N) is 2. The molecule has 3 nitrogen and oxygen atoms in total. The van der Waals surface area contributed by atoms with Gasteiger partial charge in [-0.25, -0.2) is 0 Å². The van der Waals surface area contributed by atoms with E-state index in [1.807, 2.05) is 0 Å². The normalized spacial score (nSPS) is 18.5. The number of hydrogen-bond donors (Lipinski definition) is 1. The van der Waals surface area contributed by atoms with Crippen LogP contribution in [0.15, 0.2) is 5.51 Å². The SMILES string of the molecule is ClCCC1(CNc2nncs2)CC1. The molecule has 13 heavy (non-hydrogen) atoms. The number of anilines is 1. The van der Waals surface area contributed by atoms with Crippen LogP contribution in [-0.4, -0.2) is 22.6 Å². The minimum absolute atomic E-state index is 0.466. The van der Waals surface area contributed by atoms with E-state index in [4.69, 9.17) is 11.6 Å². The zero-order valence-electron chi connectivity index (χ0n) is 7.29. The summed E-state index contributed by atoms with van der Waals surface area (Å²) in [5.74, 6) is 0.762. The Bertz CT molecular complexity index is 258. The summed E-state index contributed by atoms with van der Waals surface area (Å²) >= 11 is 7.28. The van der Waals surface area contributed by atoms with Crippen molar-refractivity contribution in [2.45, 2.75) is 19.3 Å². The van der Waals surface area contributed by atoms with Crippen molar-refractivity contribution in [2.75, 3.05) is 17.7 Å². The van der Waals surface area contributed by atoms with Gasteiger partial charge in [-0.2, -0.15) is 0 Å². The van der Waals surface area contributed by atoms with E-state index in [2.05, 4.69) is 15.5 Å². The van der Waals surface area contributed by atoms with Gasteiger partial charge >= 0.3 is 0 Å². The van der Waals surface area contributed by atoms with Crippen molar-refractivity contribution in [3.8, 4) is 0 Å². The molecule has 1 N–H and O–H groups in total. The molecular formula is C8H12ClN3S. The first kappa shape index (κ1) is 9.21. The Balaban J connectivity index is 1.79. The smallest absolute Gasteiger partial charge is 0.205 e. The van der Waals surface area contributed by atoms with Crippen LogP contribution in [0.1, 0.15) is 19.3 Å². The van der Waals surface area contributed by atoms with Crippen LogP contribution in [0, 0.1) is 5.41 Å². The summed E-state index contributed by atoms with van der Waals surface area (Å²) in [6, 6.07) is 0. The molecule has 0 amide bonds. The van der Waals surface area contributed by atoms with Crippen LogP contribution in [0.2, 0.25) is 0 Å². The first-order chi connectivity index (χ1) is 6.35. The minimum atomic E-state index is 0.466. The van der Waals surface area contributed by atoms with Crippen molar-refractivity contribution in [1.29, 1.82) is 0 Å². The van der Waals surface area contributed by atoms with Crippen LogP contribution in [0.5, 0.6) is 0 Å². The van der Waals surface area contributed by atoms with Gasteiger partial charge < -0.3 is 5.32 Å². The van der Waals surface area contributed by atoms with E-state index in [-0.39, 0.29) is 0 Å². The van der Waals surface area contributed by atoms with Crippen molar-refractivity contribution >= 4 is 28.1 Å². The second kappa shape index (κ2) is 3.80. The standard InChI is InChI=1S/C8H12ClN3S/c9-4-3-8(1-2-8)5-10-7-12-11-6-13-7/h6H,1-5H2,(H,10,12). The monoisotopic (exact) mass is 217 g/mol. The summed E-state index contributed by atoms with van der Waals surface area (Å²) in [5, 5.41) is 11.9. The predicted octanol–water partition coefficient (Wildman–Crippen LogP) is 2.36. The molecule has 0 saturated heterocycles. The summed E-state index contributed by atoms with van der Waals surface area (Å²) in [6.07, 6.45) is 3.71. The Morgan fingerprint density at radius 1 is 1.62 bits per heavy atom. The van der Waals surface area contributed by atoms with Gasteiger partial charge in [0.15, 0.2) is 0 Å². The Morgan fingerprint density at radius 2 is 2.46 bits per heavy atom. The third kappa shape index (κ3) is 2.31. The van der Waals surface area contributed by atoms with E-state index in [1.54, 1.807) is 16.8 Å². The quantitative estimate of drug-likeness (QED) is 0.770. The molecule has 0 aromatic carbocycles. The maximum atomic E-state index is 5.73. The van der Waals surface area contributed by atoms with Crippen molar-refractivity contribution < 1.29 is 0 Å². The first-order valence-electron chi connectivity index (χ1n) is 4.41. The Kier molecular flexibility index (Phi) is 2.69. The van der Waals surface area contributed by atoms with E-state index in [1.165, 1.54) is 12.8 Å². The van der Waals surface area contributed by atoms with Crippen molar-refractivity contribution in [3.63, 3.8) is 0 Å². The summed E-state index contributed by atoms with van der Waals surface area (Å²) < 4.78 is 0. The van der Waals surface area contributed by atoms with Crippen LogP contribution in [0.3, 0.4) is 0 Å². The second-order valence-electron chi connectivity index (χ2n) is 3.54. The Hall–Kier alpha value is -0.350. The van der Waals surface area contributed by atoms with Crippen LogP contribution in [-0.2, 0) is 0 Å². The molecular weight excluding hydrogens is 206 g/mol. The lowest BCUT2D eigenvalue weighted by Gasteiger charge is -2.12. The molecule has 0 aliphatic heterocycles. The molecule has 5 heteroatoms. The molecule has 1 heterocycles. The highest BCUT2D eigenvalue weighted by Crippen LogP contribution is 2.48. The van der Waals surface area contributed by atoms with Crippen molar-refractivity contribution in [2.24, 2.45) is 5.41 Å². The predicted molar refractivity (Wildman–Crippen MR) is 55.4 cm³/mol. The number of nitrogens with one attached hydrogen (secondary N) is 1. The molecule has 0 bridgehead atoms. The highest BCUT2D eigenvalue weighted by atomic mass is 35.5. The molecule has 1 aromatic rings. The molecule has 1 aliphatic rings. The van der Waals surface area contributed by atoms with Gasteiger partial charge in [0, 0.05) is 12.4 Å². The molecule has 1 aromatic heterocycles. The number of hydrogen-bond acceptors (Lipinski definition) is 4. The minimum Gasteiger partial charge on any atom is -0.360 e. The zero-order valence-corrected chi connectivity index (χ0v) is 8.87. The highest BCUT2D eigenvalue weighted by Gasteiger charge is 2.41. The number of rotatable bonds is 5. The average Bonchev–Trinajstić information content (AvgIpc) is 2.71. The van der Waals surface area contributed by atoms with E-state index >= 15 is 0 Å². The molecule has 2 rings (SSSR count). The maximum Gasteiger partial charge on any atom is 0.205 e. The molecule has 72 valence electrons. The fourth-order valence-corrected chi connectivity index (χ4v) is 2.25. The molecule has 0 atom stereocenters. The van der Waals surface area contributed by atoms with E-state index in [0.717, 1.165) is 24.0 Å². The lowest BCUT2D eigenvalue weighted by Crippen LogP contribution is -2.15. The van der Waals surface area contributed by atoms with Crippen LogP contribution in [0.25, 0.3) is 0 Å². The summed E-state index contributed by atoms with van der Waals surface area (Å²) in [7, 11) is 0. The molecule has 1 fully saturated rings.